The van der Waals surface area contributed by atoms with Crippen LogP contribution < -0.4 is 0 Å². The largest absolute Gasteiger partial charge is 0.466 e. The summed E-state index contributed by atoms with van der Waals surface area (Å²) >= 11 is 0.570. The Kier molecular flexibility index (Phi) is 8.04. The molecule has 1 aliphatic rings. The monoisotopic (exact) mass is 389 g/mol. The van der Waals surface area contributed by atoms with E-state index in [1.54, 1.807) is 0 Å². The molecule has 0 aliphatic carbocycles. The summed E-state index contributed by atoms with van der Waals surface area (Å²) in [6, 6.07) is 0. The van der Waals surface area contributed by atoms with E-state index in [0.29, 0.717) is 11.8 Å². The lowest BCUT2D eigenvalue weighted by atomic mass is 10.0. The van der Waals surface area contributed by atoms with Gasteiger partial charge in [-0.1, -0.05) is 23.0 Å². The predicted octanol–water partition coefficient (Wildman–Crippen LogP) is -2.41. The maximum Gasteiger partial charge on any atom is 0.466 e. The van der Waals surface area contributed by atoms with Gasteiger partial charge in [-0.2, -0.15) is 8.42 Å². The second kappa shape index (κ2) is 9.07. The van der Waals surface area contributed by atoms with Crippen molar-refractivity contribution in [3.8, 4) is 0 Å². The lowest BCUT2D eigenvalue weighted by Crippen LogP contribution is -2.57. The standard InChI is InChI=1S/C11H19NO10S2/c1-2-5(14)3-7(12-22-24(18,19)20)23-11-10(17)9(16)8(15)6(4-13)21-11/h2,5-6,8-11,13-17H,1,3-4H2,(H,18,19,20)/b12-7+/t5-,6?,8-,9?,10?,11+/m1/s1. The Morgan fingerprint density at radius 3 is 2.46 bits per heavy atom. The highest BCUT2D eigenvalue weighted by Crippen LogP contribution is 2.30. The zero-order valence-corrected chi connectivity index (χ0v) is 13.9. The van der Waals surface area contributed by atoms with Crippen molar-refractivity contribution in [3.05, 3.63) is 12.7 Å². The molecule has 1 saturated heterocycles. The number of thioether (sulfide) groups is 1. The number of oxime groups is 1. The van der Waals surface area contributed by atoms with Crippen LogP contribution in [0.4, 0.5) is 0 Å². The highest BCUT2D eigenvalue weighted by atomic mass is 32.3. The van der Waals surface area contributed by atoms with Gasteiger partial charge < -0.3 is 30.3 Å². The van der Waals surface area contributed by atoms with Crippen LogP contribution in [0.15, 0.2) is 17.8 Å². The van der Waals surface area contributed by atoms with Gasteiger partial charge in [0.2, 0.25) is 0 Å². The first-order valence-electron chi connectivity index (χ1n) is 6.59. The second-order valence-electron chi connectivity index (χ2n) is 4.81. The first kappa shape index (κ1) is 21.3. The average molecular weight is 389 g/mol. The molecule has 0 saturated carbocycles. The van der Waals surface area contributed by atoms with E-state index in [2.05, 4.69) is 16.0 Å². The van der Waals surface area contributed by atoms with E-state index in [1.807, 2.05) is 0 Å². The summed E-state index contributed by atoms with van der Waals surface area (Å²) in [7, 11) is -4.89. The zero-order valence-electron chi connectivity index (χ0n) is 12.2. The van der Waals surface area contributed by atoms with Crippen molar-refractivity contribution in [1.82, 2.24) is 0 Å². The maximum absolute atomic E-state index is 10.6. The fourth-order valence-electron chi connectivity index (χ4n) is 1.76. The van der Waals surface area contributed by atoms with Crippen LogP contribution in [0.3, 0.4) is 0 Å². The van der Waals surface area contributed by atoms with Crippen molar-refractivity contribution in [1.29, 1.82) is 0 Å². The molecule has 11 nitrogen and oxygen atoms in total. The Morgan fingerprint density at radius 2 is 1.96 bits per heavy atom. The van der Waals surface area contributed by atoms with Crippen LogP contribution >= 0.6 is 11.8 Å². The highest BCUT2D eigenvalue weighted by molar-refractivity contribution is 8.14. The molecule has 24 heavy (non-hydrogen) atoms. The molecule has 0 aromatic rings. The number of aliphatic hydroxyl groups is 5. The molecule has 1 fully saturated rings. The van der Waals surface area contributed by atoms with Crippen molar-refractivity contribution in [2.45, 2.75) is 42.4 Å². The van der Waals surface area contributed by atoms with Crippen molar-refractivity contribution in [2.24, 2.45) is 5.16 Å². The molecule has 3 unspecified atom stereocenters. The number of hydrogen-bond donors (Lipinski definition) is 6. The Bertz CT molecular complexity index is 551. The molecule has 0 bridgehead atoms. The minimum absolute atomic E-state index is 0.218. The van der Waals surface area contributed by atoms with Crippen LogP contribution in [0, 0.1) is 0 Å². The fourth-order valence-corrected chi connectivity index (χ4v) is 3.10. The molecule has 1 rings (SSSR count). The lowest BCUT2D eigenvalue weighted by molar-refractivity contribution is -0.205. The first-order valence-corrected chi connectivity index (χ1v) is 8.84. The van der Waals surface area contributed by atoms with Gasteiger partial charge in [-0.05, 0) is 0 Å². The average Bonchev–Trinajstić information content (AvgIpc) is 2.52. The molecule has 0 radical (unpaired) electrons. The van der Waals surface area contributed by atoms with E-state index in [-0.39, 0.29) is 11.5 Å². The van der Waals surface area contributed by atoms with Gasteiger partial charge in [-0.3, -0.25) is 4.55 Å². The van der Waals surface area contributed by atoms with E-state index in [4.69, 9.17) is 14.4 Å². The van der Waals surface area contributed by atoms with Gasteiger partial charge in [-0.25, -0.2) is 4.28 Å². The molecule has 13 heteroatoms. The quantitative estimate of drug-likeness (QED) is 0.0895. The zero-order chi connectivity index (χ0) is 18.5. The molecule has 140 valence electrons. The van der Waals surface area contributed by atoms with E-state index in [9.17, 15) is 28.8 Å². The normalized spacial score (nSPS) is 33.1. The number of ether oxygens (including phenoxy) is 1. The van der Waals surface area contributed by atoms with Crippen molar-refractivity contribution < 1.29 is 47.5 Å². The first-order chi connectivity index (χ1) is 11.1. The summed E-state index contributed by atoms with van der Waals surface area (Å²) < 4.78 is 38.8. The Morgan fingerprint density at radius 1 is 1.33 bits per heavy atom. The molecule has 0 aromatic heterocycles. The smallest absolute Gasteiger partial charge is 0.394 e. The van der Waals surface area contributed by atoms with E-state index < -0.39 is 53.0 Å². The van der Waals surface area contributed by atoms with Gasteiger partial charge in [-0.15, -0.1) is 6.58 Å². The van der Waals surface area contributed by atoms with Gasteiger partial charge in [0.1, 0.15) is 34.9 Å². The minimum Gasteiger partial charge on any atom is -0.394 e. The summed E-state index contributed by atoms with van der Waals surface area (Å²) in [5.41, 5.74) is -1.26. The van der Waals surface area contributed by atoms with Crippen LogP contribution in [0.1, 0.15) is 6.42 Å². The van der Waals surface area contributed by atoms with Crippen molar-refractivity contribution in [2.75, 3.05) is 6.61 Å². The number of nitrogens with zero attached hydrogens (tertiary/aromatic N) is 1. The number of hydrogen-bond acceptors (Lipinski definition) is 11. The van der Waals surface area contributed by atoms with Crippen LogP contribution in [-0.2, 0) is 19.4 Å². The predicted molar refractivity (Wildman–Crippen MR) is 82.2 cm³/mol. The van der Waals surface area contributed by atoms with E-state index in [0.717, 1.165) is 6.08 Å². The Balaban J connectivity index is 2.92. The number of rotatable bonds is 7. The van der Waals surface area contributed by atoms with E-state index in [1.165, 1.54) is 0 Å². The SMILES string of the molecule is C=C[C@@H](O)C/C(=N\OS(=O)(=O)O)S[C@@H]1OC(CO)[C@@H](O)C(O)C1O. The third-order valence-electron chi connectivity index (χ3n) is 2.99. The summed E-state index contributed by atoms with van der Waals surface area (Å²) in [6.07, 6.45) is -6.29. The molecule has 6 atom stereocenters. The molecule has 0 amide bonds. The Hall–Kier alpha value is -0.770. The molecular formula is C11H19NO10S2. The van der Waals surface area contributed by atoms with Gasteiger partial charge in [0.05, 0.1) is 12.7 Å². The molecule has 6 N–H and O–H groups in total. The van der Waals surface area contributed by atoms with Gasteiger partial charge in [0.15, 0.2) is 0 Å². The topological polar surface area (TPSA) is 186 Å². The summed E-state index contributed by atoms with van der Waals surface area (Å²) in [5.74, 6) is 0. The highest BCUT2D eigenvalue weighted by Gasteiger charge is 2.44. The third-order valence-corrected chi connectivity index (χ3v) is 4.39. The summed E-state index contributed by atoms with van der Waals surface area (Å²) in [6.45, 7) is 2.67. The maximum atomic E-state index is 10.6. The number of aliphatic hydroxyl groups excluding tert-OH is 5. The Labute approximate surface area is 142 Å². The molecule has 1 aliphatic heterocycles. The van der Waals surface area contributed by atoms with Crippen LogP contribution in [-0.4, -0.2) is 86.1 Å². The molecule has 0 aromatic carbocycles. The molecular weight excluding hydrogens is 370 g/mol. The minimum atomic E-state index is -4.89. The second-order valence-corrected chi connectivity index (χ2v) is 6.99. The van der Waals surface area contributed by atoms with Crippen molar-refractivity contribution >= 4 is 27.2 Å². The van der Waals surface area contributed by atoms with E-state index >= 15 is 0 Å². The van der Waals surface area contributed by atoms with Gasteiger partial charge in [0, 0.05) is 6.42 Å². The van der Waals surface area contributed by atoms with Gasteiger partial charge >= 0.3 is 10.4 Å². The van der Waals surface area contributed by atoms with Crippen molar-refractivity contribution in [3.63, 3.8) is 0 Å². The summed E-state index contributed by atoms with van der Waals surface area (Å²) in [5, 5.41) is 50.8. The van der Waals surface area contributed by atoms with Crippen LogP contribution in [0.5, 0.6) is 0 Å². The lowest BCUT2D eigenvalue weighted by Gasteiger charge is -2.39. The van der Waals surface area contributed by atoms with Crippen LogP contribution in [0.25, 0.3) is 0 Å². The fraction of sp³-hybridized carbons (Fsp3) is 0.727. The molecule has 0 spiro atoms. The molecule has 1 heterocycles. The van der Waals surface area contributed by atoms with Crippen LogP contribution in [0.2, 0.25) is 0 Å². The van der Waals surface area contributed by atoms with Gasteiger partial charge in [0.25, 0.3) is 0 Å². The third kappa shape index (κ3) is 6.27. The summed E-state index contributed by atoms with van der Waals surface area (Å²) in [4.78, 5) is 0.